The lowest BCUT2D eigenvalue weighted by Gasteiger charge is -2.24. The van der Waals surface area contributed by atoms with E-state index in [0.29, 0.717) is 24.7 Å². The Morgan fingerprint density at radius 3 is 2.55 bits per heavy atom. The SMILES string of the molecule is CC(=O)C(CC(=O)N(C)C1=NC=CCC1)NC(=O)N(C)Cc1csc(C(C)C)n1. The number of Topliss-reactive ketones (excluding diaryl/α,β-unsaturated/α-hetero) is 1. The van der Waals surface area contributed by atoms with Gasteiger partial charge in [-0.25, -0.2) is 14.8 Å². The molecule has 0 aliphatic carbocycles. The van der Waals surface area contributed by atoms with E-state index in [1.165, 1.54) is 16.7 Å². The van der Waals surface area contributed by atoms with Gasteiger partial charge in [-0.3, -0.25) is 9.59 Å². The van der Waals surface area contributed by atoms with Crippen molar-refractivity contribution in [3.8, 4) is 0 Å². The van der Waals surface area contributed by atoms with Gasteiger partial charge in [0.2, 0.25) is 5.91 Å². The van der Waals surface area contributed by atoms with Crippen LogP contribution in [0, 0.1) is 0 Å². The minimum atomic E-state index is -0.888. The van der Waals surface area contributed by atoms with Crippen LogP contribution in [0.4, 0.5) is 4.79 Å². The van der Waals surface area contributed by atoms with Gasteiger partial charge in [0.05, 0.1) is 29.7 Å². The third kappa shape index (κ3) is 6.49. The molecule has 1 atom stereocenters. The highest BCUT2D eigenvalue weighted by Crippen LogP contribution is 2.19. The maximum absolute atomic E-state index is 12.6. The number of amidine groups is 1. The van der Waals surface area contributed by atoms with Gasteiger partial charge >= 0.3 is 6.03 Å². The number of carbonyl (C=O) groups is 3. The highest BCUT2D eigenvalue weighted by Gasteiger charge is 2.26. The molecule has 1 aromatic heterocycles. The van der Waals surface area contributed by atoms with E-state index >= 15 is 0 Å². The fourth-order valence-corrected chi connectivity index (χ4v) is 3.56. The van der Waals surface area contributed by atoms with Crippen molar-refractivity contribution in [2.45, 2.75) is 58.5 Å². The molecule has 9 heteroatoms. The predicted molar refractivity (Wildman–Crippen MR) is 114 cm³/mol. The fourth-order valence-electron chi connectivity index (χ4n) is 2.73. The summed E-state index contributed by atoms with van der Waals surface area (Å²) in [6, 6.07) is -1.31. The standard InChI is InChI=1S/C20H29N5O3S/c1-13(2)19-22-15(12-29-19)11-24(4)20(28)23-16(14(3)26)10-18(27)25(5)17-8-6-7-9-21-17/h7,9,12-13,16H,6,8,10-11H2,1-5H3,(H,23,28). The first-order valence-electron chi connectivity index (χ1n) is 9.63. The minimum Gasteiger partial charge on any atom is -0.328 e. The molecular weight excluding hydrogens is 390 g/mol. The summed E-state index contributed by atoms with van der Waals surface area (Å²) in [5.41, 5.74) is 0.801. The summed E-state index contributed by atoms with van der Waals surface area (Å²) in [5, 5.41) is 5.61. The van der Waals surface area contributed by atoms with Crippen molar-refractivity contribution in [3.63, 3.8) is 0 Å². The lowest BCUT2D eigenvalue weighted by atomic mass is 10.1. The zero-order chi connectivity index (χ0) is 21.6. The lowest BCUT2D eigenvalue weighted by molar-refractivity contribution is -0.130. The highest BCUT2D eigenvalue weighted by molar-refractivity contribution is 7.09. The molecule has 29 heavy (non-hydrogen) atoms. The third-order valence-electron chi connectivity index (χ3n) is 4.60. The molecule has 1 aliphatic heterocycles. The Morgan fingerprint density at radius 2 is 2.00 bits per heavy atom. The molecule has 158 valence electrons. The van der Waals surface area contributed by atoms with Crippen LogP contribution in [0.1, 0.15) is 56.7 Å². The fraction of sp³-hybridized carbons (Fsp3) is 0.550. The lowest BCUT2D eigenvalue weighted by Crippen LogP contribution is -2.48. The van der Waals surface area contributed by atoms with Crippen LogP contribution in [0.25, 0.3) is 0 Å². The summed E-state index contributed by atoms with van der Waals surface area (Å²) in [6.45, 7) is 5.84. The zero-order valence-electron chi connectivity index (χ0n) is 17.6. The number of hydrogen-bond donors (Lipinski definition) is 1. The van der Waals surface area contributed by atoms with E-state index < -0.39 is 12.1 Å². The molecule has 1 N–H and O–H groups in total. The molecule has 2 heterocycles. The Morgan fingerprint density at radius 1 is 1.28 bits per heavy atom. The van der Waals surface area contributed by atoms with E-state index in [4.69, 9.17) is 0 Å². The van der Waals surface area contributed by atoms with E-state index in [1.807, 2.05) is 11.5 Å². The second-order valence-corrected chi connectivity index (χ2v) is 8.32. The van der Waals surface area contributed by atoms with Crippen LogP contribution < -0.4 is 5.32 Å². The molecule has 1 aromatic rings. The largest absolute Gasteiger partial charge is 0.328 e. The number of hydrogen-bond acceptors (Lipinski definition) is 6. The van der Waals surface area contributed by atoms with E-state index in [0.717, 1.165) is 17.1 Å². The summed E-state index contributed by atoms with van der Waals surface area (Å²) in [4.78, 5) is 48.8. The predicted octanol–water partition coefficient (Wildman–Crippen LogP) is 2.92. The van der Waals surface area contributed by atoms with Crippen LogP contribution in [-0.2, 0) is 16.1 Å². The van der Waals surface area contributed by atoms with Gasteiger partial charge in [-0.05, 0) is 13.3 Å². The number of urea groups is 1. The Hall–Kier alpha value is -2.55. The Kier molecular flexibility index (Phi) is 8.07. The van der Waals surface area contributed by atoms with Gasteiger partial charge in [-0.15, -0.1) is 11.3 Å². The smallest absolute Gasteiger partial charge is 0.318 e. The molecular formula is C20H29N5O3S. The van der Waals surface area contributed by atoms with Gasteiger partial charge in [0.25, 0.3) is 0 Å². The Bertz CT molecular complexity index is 815. The number of carbonyl (C=O) groups excluding carboxylic acids is 3. The minimum absolute atomic E-state index is 0.109. The van der Waals surface area contributed by atoms with E-state index in [2.05, 4.69) is 29.1 Å². The van der Waals surface area contributed by atoms with E-state index in [-0.39, 0.29) is 18.1 Å². The second-order valence-electron chi connectivity index (χ2n) is 7.43. The Labute approximate surface area is 175 Å². The third-order valence-corrected chi connectivity index (χ3v) is 5.80. The Balaban J connectivity index is 1.94. The van der Waals surface area contributed by atoms with Gasteiger partial charge in [0, 0.05) is 38.0 Å². The number of thiazole rings is 1. The first-order valence-corrected chi connectivity index (χ1v) is 10.5. The average Bonchev–Trinajstić information content (AvgIpc) is 3.16. The number of nitrogens with zero attached hydrogens (tertiary/aromatic N) is 4. The van der Waals surface area contributed by atoms with Crippen LogP contribution in [0.2, 0.25) is 0 Å². The number of allylic oxidation sites excluding steroid dienone is 1. The molecule has 0 spiro atoms. The maximum atomic E-state index is 12.6. The molecule has 0 radical (unpaired) electrons. The van der Waals surface area contributed by atoms with Crippen molar-refractivity contribution in [1.82, 2.24) is 20.1 Å². The monoisotopic (exact) mass is 419 g/mol. The van der Waals surface area contributed by atoms with Gasteiger partial charge in [-0.2, -0.15) is 0 Å². The number of rotatable bonds is 7. The molecule has 0 bridgehead atoms. The summed E-state index contributed by atoms with van der Waals surface area (Å²) in [5.74, 6) is 0.466. The summed E-state index contributed by atoms with van der Waals surface area (Å²) in [6.07, 6.45) is 4.99. The molecule has 0 aromatic carbocycles. The number of nitrogens with one attached hydrogen (secondary N) is 1. The second kappa shape index (κ2) is 10.3. The molecule has 8 nitrogen and oxygen atoms in total. The van der Waals surface area contributed by atoms with Crippen LogP contribution in [-0.4, -0.2) is 58.5 Å². The maximum Gasteiger partial charge on any atom is 0.318 e. The number of aromatic nitrogens is 1. The first-order chi connectivity index (χ1) is 13.7. The molecule has 3 amide bonds. The molecule has 1 unspecified atom stereocenters. The van der Waals surface area contributed by atoms with Gasteiger partial charge in [0.1, 0.15) is 5.84 Å². The summed E-state index contributed by atoms with van der Waals surface area (Å²) < 4.78 is 0. The van der Waals surface area contributed by atoms with Crippen molar-refractivity contribution >= 4 is 34.9 Å². The molecule has 0 saturated heterocycles. The number of amides is 3. The normalized spacial score (nSPS) is 14.3. The number of aliphatic imine (C=N–C) groups is 1. The van der Waals surface area contributed by atoms with Crippen molar-refractivity contribution in [1.29, 1.82) is 0 Å². The average molecular weight is 420 g/mol. The van der Waals surface area contributed by atoms with Crippen LogP contribution in [0.3, 0.4) is 0 Å². The van der Waals surface area contributed by atoms with Gasteiger partial charge in [-0.1, -0.05) is 19.9 Å². The van der Waals surface area contributed by atoms with Crippen LogP contribution in [0.15, 0.2) is 22.6 Å². The molecule has 0 fully saturated rings. The van der Waals surface area contributed by atoms with Gasteiger partial charge in [0.15, 0.2) is 5.78 Å². The molecule has 0 saturated carbocycles. The van der Waals surface area contributed by atoms with Crippen molar-refractivity contribution < 1.29 is 14.4 Å². The van der Waals surface area contributed by atoms with E-state index in [1.54, 1.807) is 31.6 Å². The molecule has 1 aliphatic rings. The van der Waals surface area contributed by atoms with E-state index in [9.17, 15) is 14.4 Å². The quantitative estimate of drug-likeness (QED) is 0.735. The topological polar surface area (TPSA) is 95.0 Å². The van der Waals surface area contributed by atoms with Crippen LogP contribution in [0.5, 0.6) is 0 Å². The van der Waals surface area contributed by atoms with Gasteiger partial charge < -0.3 is 15.1 Å². The first kappa shape index (κ1) is 22.7. The highest BCUT2D eigenvalue weighted by atomic mass is 32.1. The number of ketones is 1. The van der Waals surface area contributed by atoms with Crippen LogP contribution >= 0.6 is 11.3 Å². The summed E-state index contributed by atoms with van der Waals surface area (Å²) >= 11 is 1.57. The molecule has 2 rings (SSSR count). The van der Waals surface area contributed by atoms with Crippen molar-refractivity contribution in [2.75, 3.05) is 14.1 Å². The summed E-state index contributed by atoms with van der Waals surface area (Å²) in [7, 11) is 3.28. The van der Waals surface area contributed by atoms with Crippen molar-refractivity contribution in [3.05, 3.63) is 28.4 Å². The van der Waals surface area contributed by atoms with Crippen molar-refractivity contribution in [2.24, 2.45) is 4.99 Å². The zero-order valence-corrected chi connectivity index (χ0v) is 18.5.